The van der Waals surface area contributed by atoms with Crippen LogP contribution in [0, 0.1) is 17.8 Å². The van der Waals surface area contributed by atoms with Crippen molar-refractivity contribution in [3.63, 3.8) is 0 Å². The lowest BCUT2D eigenvalue weighted by atomic mass is 10.0. The van der Waals surface area contributed by atoms with Crippen LogP contribution in [-0.2, 0) is 6.42 Å². The molecule has 1 aromatic rings. The summed E-state index contributed by atoms with van der Waals surface area (Å²) in [6.07, 6.45) is 6.25. The van der Waals surface area contributed by atoms with E-state index in [9.17, 15) is 4.79 Å². The Morgan fingerprint density at radius 2 is 1.94 bits per heavy atom. The Bertz CT molecular complexity index is 423. The second-order valence-electron chi connectivity index (χ2n) is 5.56. The van der Waals surface area contributed by atoms with Crippen molar-refractivity contribution in [1.82, 2.24) is 0 Å². The quantitative estimate of drug-likeness (QED) is 0.718. The highest BCUT2D eigenvalue weighted by Crippen LogP contribution is 2.56. The monoisotopic (exact) mass is 228 g/mol. The van der Waals surface area contributed by atoms with Crippen LogP contribution in [0.25, 0.3) is 0 Å². The Morgan fingerprint density at radius 1 is 1.24 bits per heavy atom. The maximum Gasteiger partial charge on any atom is 0.166 e. The molecule has 2 fully saturated rings. The van der Waals surface area contributed by atoms with E-state index in [4.69, 9.17) is 0 Å². The van der Waals surface area contributed by atoms with E-state index in [-0.39, 0.29) is 0 Å². The topological polar surface area (TPSA) is 17.1 Å². The van der Waals surface area contributed by atoms with Gasteiger partial charge in [-0.05, 0) is 42.7 Å². The predicted molar refractivity (Wildman–Crippen MR) is 69.1 cm³/mol. The largest absolute Gasteiger partial charge is 0.294 e. The number of carbonyl (C=O) groups excluding carboxylic acids is 1. The zero-order chi connectivity index (χ0) is 11.8. The summed E-state index contributed by atoms with van der Waals surface area (Å²) in [6.45, 7) is 2.14. The maximum absolute atomic E-state index is 12.4. The lowest BCUT2D eigenvalue weighted by Crippen LogP contribution is -2.04. The lowest BCUT2D eigenvalue weighted by molar-refractivity contribution is 0.0956. The van der Waals surface area contributed by atoms with Crippen molar-refractivity contribution >= 4 is 5.78 Å². The van der Waals surface area contributed by atoms with Crippen LogP contribution in [0.1, 0.15) is 48.5 Å². The molecule has 2 unspecified atom stereocenters. The van der Waals surface area contributed by atoms with Gasteiger partial charge in [-0.3, -0.25) is 4.79 Å². The van der Waals surface area contributed by atoms with Crippen LogP contribution in [-0.4, -0.2) is 5.78 Å². The lowest BCUT2D eigenvalue weighted by Gasteiger charge is -2.04. The average Bonchev–Trinajstić information content (AvgIpc) is 3.12. The smallest absolute Gasteiger partial charge is 0.166 e. The fourth-order valence-electron chi connectivity index (χ4n) is 3.52. The summed E-state index contributed by atoms with van der Waals surface area (Å²) in [5, 5.41) is 0. The van der Waals surface area contributed by atoms with Crippen LogP contribution >= 0.6 is 0 Å². The second kappa shape index (κ2) is 4.29. The first kappa shape index (κ1) is 11.0. The zero-order valence-electron chi connectivity index (χ0n) is 10.5. The predicted octanol–water partition coefficient (Wildman–Crippen LogP) is 3.87. The number of hydrogen-bond donors (Lipinski definition) is 0. The maximum atomic E-state index is 12.4. The number of ketones is 1. The first-order chi connectivity index (χ1) is 8.31. The summed E-state index contributed by atoms with van der Waals surface area (Å²) in [4.78, 5) is 12.4. The third-order valence-corrected chi connectivity index (χ3v) is 4.58. The highest BCUT2D eigenvalue weighted by Gasteiger charge is 2.54. The Hall–Kier alpha value is -1.11. The molecule has 2 aliphatic carbocycles. The van der Waals surface area contributed by atoms with Crippen LogP contribution < -0.4 is 0 Å². The number of fused-ring (bicyclic) bond motifs is 1. The molecule has 0 aliphatic heterocycles. The van der Waals surface area contributed by atoms with Gasteiger partial charge < -0.3 is 0 Å². The number of aryl methyl sites for hydroxylation is 1. The highest BCUT2D eigenvalue weighted by atomic mass is 16.1. The molecule has 90 valence electrons. The standard InChI is InChI=1S/C16H20O/c1-2-11-6-5-7-12(10-11)16(17)15-13-8-3-4-9-14(13)15/h5-7,10,13-15H,2-4,8-9H2,1H3. The minimum absolute atomic E-state index is 0.365. The minimum atomic E-state index is 0.365. The van der Waals surface area contributed by atoms with E-state index in [1.54, 1.807) is 0 Å². The summed E-state index contributed by atoms with van der Waals surface area (Å²) in [7, 11) is 0. The normalized spacial score (nSPS) is 30.8. The molecule has 0 radical (unpaired) electrons. The van der Waals surface area contributed by atoms with Gasteiger partial charge in [0, 0.05) is 11.5 Å². The average molecular weight is 228 g/mol. The van der Waals surface area contributed by atoms with E-state index >= 15 is 0 Å². The van der Waals surface area contributed by atoms with Gasteiger partial charge in [0.2, 0.25) is 0 Å². The SMILES string of the molecule is CCc1cccc(C(=O)C2C3CCCCC32)c1. The van der Waals surface area contributed by atoms with Crippen molar-refractivity contribution in [3.8, 4) is 0 Å². The minimum Gasteiger partial charge on any atom is -0.294 e. The van der Waals surface area contributed by atoms with Gasteiger partial charge in [0.25, 0.3) is 0 Å². The molecule has 2 aliphatic rings. The van der Waals surface area contributed by atoms with Crippen LogP contribution in [0.15, 0.2) is 24.3 Å². The van der Waals surface area contributed by atoms with Gasteiger partial charge >= 0.3 is 0 Å². The number of carbonyl (C=O) groups is 1. The van der Waals surface area contributed by atoms with Crippen LogP contribution in [0.4, 0.5) is 0 Å². The molecular formula is C16H20O. The van der Waals surface area contributed by atoms with Gasteiger partial charge in [-0.25, -0.2) is 0 Å². The molecule has 1 aromatic carbocycles. The summed E-state index contributed by atoms with van der Waals surface area (Å²) < 4.78 is 0. The Morgan fingerprint density at radius 3 is 2.59 bits per heavy atom. The molecule has 0 saturated heterocycles. The van der Waals surface area contributed by atoms with E-state index < -0.39 is 0 Å². The Balaban J connectivity index is 1.78. The number of benzene rings is 1. The van der Waals surface area contributed by atoms with Gasteiger partial charge in [0.05, 0.1) is 0 Å². The molecule has 0 N–H and O–H groups in total. The summed E-state index contributed by atoms with van der Waals surface area (Å²) in [6, 6.07) is 8.22. The van der Waals surface area contributed by atoms with Crippen molar-refractivity contribution in [2.45, 2.75) is 39.0 Å². The van der Waals surface area contributed by atoms with E-state index in [1.165, 1.54) is 31.2 Å². The number of hydrogen-bond acceptors (Lipinski definition) is 1. The molecule has 3 rings (SSSR count). The Kier molecular flexibility index (Phi) is 2.78. The summed E-state index contributed by atoms with van der Waals surface area (Å²) in [5.74, 6) is 2.23. The van der Waals surface area contributed by atoms with E-state index in [0.29, 0.717) is 11.7 Å². The van der Waals surface area contributed by atoms with Gasteiger partial charge in [-0.2, -0.15) is 0 Å². The summed E-state index contributed by atoms with van der Waals surface area (Å²) >= 11 is 0. The third-order valence-electron chi connectivity index (χ3n) is 4.58. The van der Waals surface area contributed by atoms with Crippen molar-refractivity contribution < 1.29 is 4.79 Å². The van der Waals surface area contributed by atoms with Crippen LogP contribution in [0.2, 0.25) is 0 Å². The number of Topliss-reactive ketones (excluding diaryl/α,β-unsaturated/α-hetero) is 1. The van der Waals surface area contributed by atoms with Gasteiger partial charge in [-0.15, -0.1) is 0 Å². The molecule has 0 aromatic heterocycles. The third kappa shape index (κ3) is 1.92. The molecule has 1 nitrogen and oxygen atoms in total. The van der Waals surface area contributed by atoms with Crippen molar-refractivity contribution in [3.05, 3.63) is 35.4 Å². The van der Waals surface area contributed by atoms with Gasteiger partial charge in [0.15, 0.2) is 5.78 Å². The molecule has 1 heteroatoms. The second-order valence-corrected chi connectivity index (χ2v) is 5.56. The molecule has 0 bridgehead atoms. The molecular weight excluding hydrogens is 208 g/mol. The fraction of sp³-hybridized carbons (Fsp3) is 0.562. The van der Waals surface area contributed by atoms with E-state index in [0.717, 1.165) is 23.8 Å². The van der Waals surface area contributed by atoms with Crippen LogP contribution in [0.3, 0.4) is 0 Å². The summed E-state index contributed by atoms with van der Waals surface area (Å²) in [5.41, 5.74) is 2.23. The van der Waals surface area contributed by atoms with Crippen molar-refractivity contribution in [1.29, 1.82) is 0 Å². The first-order valence-corrected chi connectivity index (χ1v) is 6.94. The molecule has 0 spiro atoms. The molecule has 2 saturated carbocycles. The molecule has 0 amide bonds. The Labute approximate surface area is 103 Å². The zero-order valence-corrected chi connectivity index (χ0v) is 10.5. The van der Waals surface area contributed by atoms with E-state index in [2.05, 4.69) is 19.1 Å². The first-order valence-electron chi connectivity index (χ1n) is 6.94. The number of rotatable bonds is 3. The molecule has 0 heterocycles. The van der Waals surface area contributed by atoms with Crippen molar-refractivity contribution in [2.24, 2.45) is 17.8 Å². The fourth-order valence-corrected chi connectivity index (χ4v) is 3.52. The van der Waals surface area contributed by atoms with Crippen LogP contribution in [0.5, 0.6) is 0 Å². The van der Waals surface area contributed by atoms with Gasteiger partial charge in [0.1, 0.15) is 0 Å². The molecule has 17 heavy (non-hydrogen) atoms. The van der Waals surface area contributed by atoms with E-state index in [1.807, 2.05) is 12.1 Å². The van der Waals surface area contributed by atoms with Crippen molar-refractivity contribution in [2.75, 3.05) is 0 Å². The highest BCUT2D eigenvalue weighted by molar-refractivity contribution is 6.00. The van der Waals surface area contributed by atoms with Gasteiger partial charge in [-0.1, -0.05) is 38.0 Å². The molecule has 2 atom stereocenters.